The molecule has 1 saturated carbocycles. The lowest BCUT2D eigenvalue weighted by molar-refractivity contribution is -0.131. The Morgan fingerprint density at radius 2 is 1.81 bits per heavy atom. The first-order valence-corrected chi connectivity index (χ1v) is 11.7. The quantitative estimate of drug-likeness (QED) is 0.823. The van der Waals surface area contributed by atoms with Gasteiger partial charge in [-0.1, -0.05) is 30.3 Å². The van der Waals surface area contributed by atoms with Crippen LogP contribution in [0.25, 0.3) is 0 Å². The molecule has 1 saturated heterocycles. The number of aryl methyl sites for hydroxylation is 2. The highest BCUT2D eigenvalue weighted by Gasteiger charge is 2.42. The summed E-state index contributed by atoms with van der Waals surface area (Å²) in [6, 6.07) is 12.2. The number of amides is 1. The first-order chi connectivity index (χ1) is 15.2. The number of hydrogen-bond donors (Lipinski definition) is 1. The summed E-state index contributed by atoms with van der Waals surface area (Å²) in [4.78, 5) is 26.0. The second-order valence-electron chi connectivity index (χ2n) is 9.29. The Balaban J connectivity index is 1.26. The van der Waals surface area contributed by atoms with Crippen LogP contribution in [-0.2, 0) is 27.8 Å². The zero-order valence-electron chi connectivity index (χ0n) is 18.0. The molecular weight excluding hydrogens is 390 g/mol. The molecule has 1 amide bonds. The summed E-state index contributed by atoms with van der Waals surface area (Å²) < 4.78 is 7.29. The van der Waals surface area contributed by atoms with Gasteiger partial charge in [-0.15, -0.1) is 0 Å². The van der Waals surface area contributed by atoms with E-state index in [1.807, 2.05) is 18.2 Å². The molecule has 2 aromatic rings. The van der Waals surface area contributed by atoms with Crippen LogP contribution in [0.1, 0.15) is 67.8 Å². The predicted molar refractivity (Wildman–Crippen MR) is 118 cm³/mol. The number of rotatable bonds is 4. The summed E-state index contributed by atoms with van der Waals surface area (Å²) in [7, 11) is 0. The van der Waals surface area contributed by atoms with E-state index < -0.39 is 5.41 Å². The molecular formula is C25H31N3O3. The fourth-order valence-corrected chi connectivity index (χ4v) is 5.59. The summed E-state index contributed by atoms with van der Waals surface area (Å²) in [6.07, 6.45) is 7.98. The van der Waals surface area contributed by atoms with Gasteiger partial charge >= 0.3 is 0 Å². The van der Waals surface area contributed by atoms with Crippen molar-refractivity contribution in [2.45, 2.75) is 75.3 Å². The Hall–Kier alpha value is -2.47. The molecule has 6 heteroatoms. The molecule has 1 aliphatic heterocycles. The number of aromatic nitrogens is 2. The van der Waals surface area contributed by atoms with Crippen LogP contribution >= 0.6 is 0 Å². The number of hydrogen-bond acceptors (Lipinski definition) is 4. The van der Waals surface area contributed by atoms with Crippen LogP contribution in [0.15, 0.2) is 41.2 Å². The third-order valence-corrected chi connectivity index (χ3v) is 7.47. The molecule has 3 aliphatic rings. The third kappa shape index (κ3) is 3.93. The van der Waals surface area contributed by atoms with Crippen LogP contribution in [0.5, 0.6) is 0 Å². The number of benzene rings is 1. The molecule has 5 rings (SSSR count). The van der Waals surface area contributed by atoms with E-state index in [-0.39, 0.29) is 23.6 Å². The average molecular weight is 422 g/mol. The Morgan fingerprint density at radius 3 is 2.55 bits per heavy atom. The maximum atomic E-state index is 13.5. The van der Waals surface area contributed by atoms with Crippen molar-refractivity contribution in [2.75, 3.05) is 13.2 Å². The Bertz CT molecular complexity index is 987. The van der Waals surface area contributed by atoms with Crippen LogP contribution in [0.3, 0.4) is 0 Å². The smallest absolute Gasteiger partial charge is 0.267 e. The molecule has 1 N–H and O–H groups in total. The number of nitrogens with zero attached hydrogens (tertiary/aromatic N) is 2. The summed E-state index contributed by atoms with van der Waals surface area (Å²) in [6.45, 7) is 1.23. The lowest BCUT2D eigenvalue weighted by Gasteiger charge is -2.38. The number of nitrogens with one attached hydrogen (secondary N) is 1. The van der Waals surface area contributed by atoms with E-state index in [9.17, 15) is 9.59 Å². The average Bonchev–Trinajstić information content (AvgIpc) is 3.27. The van der Waals surface area contributed by atoms with Crippen LogP contribution in [0.2, 0.25) is 0 Å². The van der Waals surface area contributed by atoms with E-state index in [0.29, 0.717) is 26.1 Å². The van der Waals surface area contributed by atoms with E-state index in [1.54, 1.807) is 10.7 Å². The van der Waals surface area contributed by atoms with Crippen LogP contribution < -0.4 is 10.9 Å². The summed E-state index contributed by atoms with van der Waals surface area (Å²) in [5, 5.41) is 8.04. The van der Waals surface area contributed by atoms with Crippen molar-refractivity contribution in [2.24, 2.45) is 0 Å². The van der Waals surface area contributed by atoms with Crippen LogP contribution in [0.4, 0.5) is 0 Å². The molecule has 0 atom stereocenters. The Labute approximate surface area is 183 Å². The maximum absolute atomic E-state index is 13.5. The second kappa shape index (κ2) is 8.58. The standard InChI is InChI=1S/C25H31N3O3/c29-23-17-18-5-4-8-22(18)27-28(23)21-11-9-20(10-12-21)26-24(30)25(13-15-31-16-14-25)19-6-2-1-3-7-19/h1-3,6-7,17,20-21H,4-5,8-16H2,(H,26,30). The van der Waals surface area contributed by atoms with E-state index in [4.69, 9.17) is 4.74 Å². The monoisotopic (exact) mass is 421 g/mol. The minimum absolute atomic E-state index is 0.0263. The Morgan fingerprint density at radius 1 is 1.06 bits per heavy atom. The van der Waals surface area contributed by atoms with Gasteiger partial charge in [-0.05, 0) is 68.9 Å². The van der Waals surface area contributed by atoms with Crippen molar-refractivity contribution in [1.82, 2.24) is 15.1 Å². The van der Waals surface area contributed by atoms with Crippen molar-refractivity contribution in [3.63, 3.8) is 0 Å². The molecule has 164 valence electrons. The summed E-state index contributed by atoms with van der Waals surface area (Å²) in [5.74, 6) is 0.123. The number of carbonyl (C=O) groups is 1. The van der Waals surface area contributed by atoms with Gasteiger partial charge in [-0.2, -0.15) is 5.10 Å². The zero-order chi connectivity index (χ0) is 21.3. The summed E-state index contributed by atoms with van der Waals surface area (Å²) >= 11 is 0. The fourth-order valence-electron chi connectivity index (χ4n) is 5.59. The largest absolute Gasteiger partial charge is 0.381 e. The van der Waals surface area contributed by atoms with Crippen molar-refractivity contribution >= 4 is 5.91 Å². The molecule has 2 aliphatic carbocycles. The molecule has 31 heavy (non-hydrogen) atoms. The fraction of sp³-hybridized carbons (Fsp3) is 0.560. The summed E-state index contributed by atoms with van der Waals surface area (Å²) in [5.41, 5.74) is 2.83. The van der Waals surface area contributed by atoms with Gasteiger partial charge in [-0.25, -0.2) is 4.68 Å². The maximum Gasteiger partial charge on any atom is 0.267 e. The predicted octanol–water partition coefficient (Wildman–Crippen LogP) is 3.08. The third-order valence-electron chi connectivity index (χ3n) is 7.47. The highest BCUT2D eigenvalue weighted by Crippen LogP contribution is 2.36. The van der Waals surface area contributed by atoms with Crippen molar-refractivity contribution in [1.29, 1.82) is 0 Å². The molecule has 6 nitrogen and oxygen atoms in total. The molecule has 0 unspecified atom stereocenters. The van der Waals surface area contributed by atoms with E-state index in [0.717, 1.165) is 61.8 Å². The molecule has 0 bridgehead atoms. The van der Waals surface area contributed by atoms with Gasteiger partial charge in [-0.3, -0.25) is 9.59 Å². The number of ether oxygens (including phenoxy) is 1. The SMILES string of the molecule is O=C(NC1CCC(n2nc3c(cc2=O)CCC3)CC1)C1(c2ccccc2)CCOCC1. The van der Waals surface area contributed by atoms with E-state index in [2.05, 4.69) is 22.5 Å². The number of fused-ring (bicyclic) bond motifs is 1. The zero-order valence-corrected chi connectivity index (χ0v) is 18.0. The van der Waals surface area contributed by atoms with Gasteiger partial charge in [0.05, 0.1) is 17.2 Å². The minimum atomic E-state index is -0.505. The van der Waals surface area contributed by atoms with Gasteiger partial charge in [0.2, 0.25) is 5.91 Å². The molecule has 2 fully saturated rings. The first kappa shape index (κ1) is 20.4. The highest BCUT2D eigenvalue weighted by atomic mass is 16.5. The molecule has 0 radical (unpaired) electrons. The normalized spacial score (nSPS) is 25.0. The van der Waals surface area contributed by atoms with Crippen molar-refractivity contribution in [3.05, 3.63) is 63.6 Å². The molecule has 1 aromatic heterocycles. The van der Waals surface area contributed by atoms with E-state index in [1.165, 1.54) is 0 Å². The second-order valence-corrected chi connectivity index (χ2v) is 9.29. The van der Waals surface area contributed by atoms with Gasteiger partial charge in [0, 0.05) is 25.3 Å². The van der Waals surface area contributed by atoms with Gasteiger partial charge in [0.25, 0.3) is 5.56 Å². The lowest BCUT2D eigenvalue weighted by atomic mass is 9.73. The van der Waals surface area contributed by atoms with Gasteiger partial charge in [0.1, 0.15) is 0 Å². The lowest BCUT2D eigenvalue weighted by Crippen LogP contribution is -2.51. The van der Waals surface area contributed by atoms with Crippen molar-refractivity contribution < 1.29 is 9.53 Å². The Kier molecular flexibility index (Phi) is 5.65. The van der Waals surface area contributed by atoms with Gasteiger partial charge in [0.15, 0.2) is 0 Å². The van der Waals surface area contributed by atoms with E-state index >= 15 is 0 Å². The molecule has 0 spiro atoms. The number of carbonyl (C=O) groups excluding carboxylic acids is 1. The molecule has 1 aromatic carbocycles. The topological polar surface area (TPSA) is 73.2 Å². The minimum Gasteiger partial charge on any atom is -0.381 e. The van der Waals surface area contributed by atoms with Gasteiger partial charge < -0.3 is 10.1 Å². The van der Waals surface area contributed by atoms with Crippen molar-refractivity contribution in [3.8, 4) is 0 Å². The van der Waals surface area contributed by atoms with Crippen LogP contribution in [0, 0.1) is 0 Å². The van der Waals surface area contributed by atoms with Crippen LogP contribution in [-0.4, -0.2) is 34.9 Å². The highest BCUT2D eigenvalue weighted by molar-refractivity contribution is 5.88. The molecule has 2 heterocycles. The first-order valence-electron chi connectivity index (χ1n) is 11.7.